The molecule has 0 bridgehead atoms. The van der Waals surface area contributed by atoms with E-state index in [2.05, 4.69) is 25.0 Å². The lowest BCUT2D eigenvalue weighted by Crippen LogP contribution is -2.69. The summed E-state index contributed by atoms with van der Waals surface area (Å²) in [5.41, 5.74) is -1.10. The zero-order chi connectivity index (χ0) is 26.7. The van der Waals surface area contributed by atoms with Gasteiger partial charge in [-0.15, -0.1) is 0 Å². The first kappa shape index (κ1) is 28.2. The first-order valence-electron chi connectivity index (χ1n) is 12.5. The van der Waals surface area contributed by atoms with E-state index in [4.69, 9.17) is 11.6 Å². The summed E-state index contributed by atoms with van der Waals surface area (Å²) in [4.78, 5) is 26.6. The Morgan fingerprint density at radius 3 is 2.14 bits per heavy atom. The van der Waals surface area contributed by atoms with Gasteiger partial charge in [0.1, 0.15) is 0 Å². The van der Waals surface area contributed by atoms with Gasteiger partial charge in [0.15, 0.2) is 0 Å². The number of nitrogens with one attached hydrogen (secondary N) is 1. The predicted molar refractivity (Wildman–Crippen MR) is 149 cm³/mol. The topological polar surface area (TPSA) is 86.6 Å². The van der Waals surface area contributed by atoms with Gasteiger partial charge in [-0.1, -0.05) is 91.9 Å². The minimum absolute atomic E-state index is 0.178. The van der Waals surface area contributed by atoms with Gasteiger partial charge in [-0.05, 0) is 49.9 Å². The molecule has 0 amide bonds. The number of hydrogen-bond acceptors (Lipinski definition) is 3. The number of benzene rings is 2. The molecule has 1 aliphatic heterocycles. The molecule has 1 aliphatic rings. The molecule has 0 aromatic heterocycles. The lowest BCUT2D eigenvalue weighted by atomic mass is 9.50. The minimum atomic E-state index is -1.64. The van der Waals surface area contributed by atoms with Gasteiger partial charge >= 0.3 is 11.9 Å². The predicted octanol–water partition coefficient (Wildman–Crippen LogP) is 6.78. The fourth-order valence-corrected chi connectivity index (χ4v) is 7.28. The van der Waals surface area contributed by atoms with Gasteiger partial charge in [-0.2, -0.15) is 0 Å². The van der Waals surface area contributed by atoms with Crippen LogP contribution in [0.2, 0.25) is 30.7 Å². The maximum absolute atomic E-state index is 13.3. The Bertz CT molecular complexity index is 1120. The van der Waals surface area contributed by atoms with E-state index >= 15 is 0 Å². The van der Waals surface area contributed by atoms with Crippen LogP contribution in [-0.4, -0.2) is 42.3 Å². The highest BCUT2D eigenvalue weighted by molar-refractivity contribution is 6.76. The summed E-state index contributed by atoms with van der Waals surface area (Å²) < 4.78 is 0. The van der Waals surface area contributed by atoms with Gasteiger partial charge in [0, 0.05) is 31.1 Å². The average Bonchev–Trinajstić information content (AvgIpc) is 2.79. The third-order valence-electron chi connectivity index (χ3n) is 7.91. The van der Waals surface area contributed by atoms with E-state index in [1.165, 1.54) is 0 Å². The fraction of sp³-hybridized carbons (Fsp3) is 0.448. The van der Waals surface area contributed by atoms with E-state index < -0.39 is 48.8 Å². The molecule has 0 spiro atoms. The van der Waals surface area contributed by atoms with Gasteiger partial charge in [0.05, 0.1) is 10.8 Å². The van der Waals surface area contributed by atoms with Crippen molar-refractivity contribution in [3.8, 4) is 0 Å². The van der Waals surface area contributed by atoms with Crippen molar-refractivity contribution >= 4 is 37.7 Å². The molecule has 36 heavy (non-hydrogen) atoms. The number of carboxylic acid groups (broad SMARTS) is 2. The normalized spacial score (nSPS) is 28.8. The molecule has 2 aromatic carbocycles. The van der Waals surface area contributed by atoms with Crippen LogP contribution in [0.25, 0.3) is 6.08 Å². The number of hydrogen-bond donors (Lipinski definition) is 3. The van der Waals surface area contributed by atoms with Crippen LogP contribution in [0, 0.1) is 10.8 Å². The molecule has 5 nitrogen and oxygen atoms in total. The summed E-state index contributed by atoms with van der Waals surface area (Å²) in [6.45, 7) is 10.4. The Morgan fingerprint density at radius 2 is 1.58 bits per heavy atom. The largest absolute Gasteiger partial charge is 0.481 e. The Balaban J connectivity index is 2.27. The third kappa shape index (κ3) is 5.46. The molecule has 1 saturated heterocycles. The van der Waals surface area contributed by atoms with E-state index in [9.17, 15) is 19.8 Å². The molecule has 5 unspecified atom stereocenters. The van der Waals surface area contributed by atoms with E-state index in [-0.39, 0.29) is 6.42 Å². The molecule has 0 saturated carbocycles. The van der Waals surface area contributed by atoms with Crippen molar-refractivity contribution < 1.29 is 19.8 Å². The first-order chi connectivity index (χ1) is 16.8. The Labute approximate surface area is 220 Å². The van der Waals surface area contributed by atoms with Gasteiger partial charge in [0.25, 0.3) is 0 Å². The summed E-state index contributed by atoms with van der Waals surface area (Å²) in [6, 6.07) is 16.7. The van der Waals surface area contributed by atoms with Crippen molar-refractivity contribution in [2.45, 2.75) is 70.4 Å². The summed E-state index contributed by atoms with van der Waals surface area (Å²) in [6.07, 6.45) is 4.36. The minimum Gasteiger partial charge on any atom is -0.481 e. The molecular formula is C29H38ClNO4Si. The van der Waals surface area contributed by atoms with Gasteiger partial charge < -0.3 is 15.5 Å². The first-order valence-corrected chi connectivity index (χ1v) is 16.6. The van der Waals surface area contributed by atoms with Crippen LogP contribution in [-0.2, 0) is 9.59 Å². The number of rotatable bonds is 9. The lowest BCUT2D eigenvalue weighted by molar-refractivity contribution is -0.172. The number of aliphatic carboxylic acids is 2. The number of carbonyl (C=O) groups is 2. The quantitative estimate of drug-likeness (QED) is 0.313. The van der Waals surface area contributed by atoms with E-state index in [0.29, 0.717) is 17.0 Å². The van der Waals surface area contributed by atoms with E-state index in [1.54, 1.807) is 18.2 Å². The molecule has 3 N–H and O–H groups in total. The summed E-state index contributed by atoms with van der Waals surface area (Å²) in [5, 5.41) is 25.7. The second kappa shape index (κ2) is 10.9. The van der Waals surface area contributed by atoms with E-state index in [0.717, 1.165) is 11.6 Å². The summed E-state index contributed by atoms with van der Waals surface area (Å²) in [7, 11) is -1.64. The van der Waals surface area contributed by atoms with Crippen molar-refractivity contribution in [2.75, 3.05) is 0 Å². The van der Waals surface area contributed by atoms with Crippen LogP contribution in [0.1, 0.15) is 43.7 Å². The van der Waals surface area contributed by atoms with Crippen LogP contribution in [0.4, 0.5) is 0 Å². The number of piperidine rings is 1. The third-order valence-corrected chi connectivity index (χ3v) is 9.89. The van der Waals surface area contributed by atoms with E-state index in [1.807, 2.05) is 62.4 Å². The Kier molecular flexibility index (Phi) is 8.54. The molecule has 194 valence electrons. The summed E-state index contributed by atoms with van der Waals surface area (Å²) in [5.74, 6) is -2.76. The smallest absolute Gasteiger partial charge is 0.312 e. The van der Waals surface area contributed by atoms with Gasteiger partial charge in [-0.3, -0.25) is 9.59 Å². The zero-order valence-corrected chi connectivity index (χ0v) is 23.5. The Hall–Kier alpha value is -2.41. The molecule has 1 fully saturated rings. The van der Waals surface area contributed by atoms with Crippen molar-refractivity contribution in [1.82, 2.24) is 5.32 Å². The molecule has 1 heterocycles. The highest BCUT2D eigenvalue weighted by Gasteiger charge is 2.66. The highest BCUT2D eigenvalue weighted by Crippen LogP contribution is 2.59. The van der Waals surface area contributed by atoms with Crippen LogP contribution in [0.3, 0.4) is 0 Å². The Morgan fingerprint density at radius 1 is 0.972 bits per heavy atom. The fourth-order valence-electron chi connectivity index (χ4n) is 5.92. The second-order valence-electron chi connectivity index (χ2n) is 11.4. The van der Waals surface area contributed by atoms with Crippen molar-refractivity contribution in [1.29, 1.82) is 0 Å². The van der Waals surface area contributed by atoms with Crippen molar-refractivity contribution in [2.24, 2.45) is 10.8 Å². The standard InChI is InChI=1S/C29H38ClNO4Si/c1-20-28(26(32)33,16-10-13-22-11-7-6-8-12-22)25(23-14-9-15-24(30)19-23)29(27(34)35,21(2)31-20)17-18-36(3,4)5/h6-15,19-21,25,31H,16-18H2,1-5H3,(H,32,33)(H,34,35). The summed E-state index contributed by atoms with van der Waals surface area (Å²) >= 11 is 6.40. The number of carboxylic acids is 2. The molecule has 7 heteroatoms. The SMILES string of the molecule is CC1NC(C)C(CC[Si](C)(C)C)(C(=O)O)C(c2cccc(Cl)c2)C1(CC=Cc1ccccc1)C(=O)O. The zero-order valence-electron chi connectivity index (χ0n) is 21.8. The molecule has 0 radical (unpaired) electrons. The molecular weight excluding hydrogens is 490 g/mol. The monoisotopic (exact) mass is 527 g/mol. The highest BCUT2D eigenvalue weighted by atomic mass is 35.5. The van der Waals surface area contributed by atoms with Gasteiger partial charge in [-0.25, -0.2) is 0 Å². The number of allylic oxidation sites excluding steroid dienone is 1. The van der Waals surface area contributed by atoms with Crippen LogP contribution < -0.4 is 5.32 Å². The van der Waals surface area contributed by atoms with Crippen LogP contribution in [0.15, 0.2) is 60.7 Å². The van der Waals surface area contributed by atoms with Crippen molar-refractivity contribution in [3.05, 3.63) is 76.8 Å². The second-order valence-corrected chi connectivity index (χ2v) is 17.4. The molecule has 5 atom stereocenters. The lowest BCUT2D eigenvalue weighted by Gasteiger charge is -2.57. The maximum Gasteiger partial charge on any atom is 0.312 e. The number of halogens is 1. The van der Waals surface area contributed by atoms with Gasteiger partial charge in [0.2, 0.25) is 0 Å². The van der Waals surface area contributed by atoms with Crippen LogP contribution in [0.5, 0.6) is 0 Å². The molecule has 2 aromatic rings. The average molecular weight is 528 g/mol. The van der Waals surface area contributed by atoms with Crippen molar-refractivity contribution in [3.63, 3.8) is 0 Å². The van der Waals surface area contributed by atoms with Crippen LogP contribution >= 0.6 is 11.6 Å². The molecule has 3 rings (SSSR count). The molecule has 0 aliphatic carbocycles. The maximum atomic E-state index is 13.3.